The van der Waals surface area contributed by atoms with Crippen LogP contribution in [0.3, 0.4) is 0 Å². The summed E-state index contributed by atoms with van der Waals surface area (Å²) >= 11 is 1.65. The summed E-state index contributed by atoms with van der Waals surface area (Å²) in [6, 6.07) is 0. The van der Waals surface area contributed by atoms with Crippen molar-refractivity contribution in [1.29, 1.82) is 0 Å². The van der Waals surface area contributed by atoms with Gasteiger partial charge in [0.05, 0.1) is 12.2 Å². The quantitative estimate of drug-likeness (QED) is 0.923. The summed E-state index contributed by atoms with van der Waals surface area (Å²) in [5.74, 6) is 0. The van der Waals surface area contributed by atoms with Crippen molar-refractivity contribution in [1.82, 2.24) is 9.88 Å². The van der Waals surface area contributed by atoms with Crippen LogP contribution in [0.25, 0.3) is 0 Å². The van der Waals surface area contributed by atoms with Crippen LogP contribution in [0.2, 0.25) is 0 Å². The highest BCUT2D eigenvalue weighted by molar-refractivity contribution is 7.09. The van der Waals surface area contributed by atoms with Gasteiger partial charge in [-0.1, -0.05) is 19.3 Å². The third kappa shape index (κ3) is 3.34. The van der Waals surface area contributed by atoms with E-state index in [9.17, 15) is 5.11 Å². The minimum absolute atomic E-state index is 0.0842. The van der Waals surface area contributed by atoms with Crippen LogP contribution in [0.4, 0.5) is 0 Å². The molecule has 5 heteroatoms. The first-order chi connectivity index (χ1) is 9.25. The summed E-state index contributed by atoms with van der Waals surface area (Å²) in [6.07, 6.45) is 7.41. The second kappa shape index (κ2) is 5.87. The number of ether oxygens (including phenoxy) is 1. The van der Waals surface area contributed by atoms with Gasteiger partial charge in [-0.25, -0.2) is 4.98 Å². The van der Waals surface area contributed by atoms with Crippen LogP contribution in [-0.2, 0) is 4.74 Å². The number of morpholine rings is 1. The molecule has 0 unspecified atom stereocenters. The van der Waals surface area contributed by atoms with Gasteiger partial charge < -0.3 is 9.84 Å². The van der Waals surface area contributed by atoms with Crippen LogP contribution >= 0.6 is 11.3 Å². The Morgan fingerprint density at radius 1 is 1.42 bits per heavy atom. The molecule has 19 heavy (non-hydrogen) atoms. The van der Waals surface area contributed by atoms with E-state index >= 15 is 0 Å². The largest absolute Gasteiger partial charge is 0.389 e. The van der Waals surface area contributed by atoms with Crippen LogP contribution < -0.4 is 0 Å². The number of rotatable bonds is 3. The molecule has 1 atom stereocenters. The Morgan fingerprint density at radius 3 is 3.00 bits per heavy atom. The molecule has 0 spiro atoms. The van der Waals surface area contributed by atoms with Gasteiger partial charge in [-0.15, -0.1) is 11.3 Å². The lowest BCUT2D eigenvalue weighted by molar-refractivity contribution is -0.0766. The van der Waals surface area contributed by atoms with E-state index in [-0.39, 0.29) is 6.10 Å². The van der Waals surface area contributed by atoms with Gasteiger partial charge >= 0.3 is 0 Å². The van der Waals surface area contributed by atoms with Gasteiger partial charge in [-0.2, -0.15) is 0 Å². The van der Waals surface area contributed by atoms with E-state index in [1.54, 1.807) is 11.3 Å². The molecule has 1 saturated heterocycles. The summed E-state index contributed by atoms with van der Waals surface area (Å²) < 4.78 is 5.80. The molecule has 0 radical (unpaired) electrons. The van der Waals surface area contributed by atoms with E-state index < -0.39 is 5.60 Å². The van der Waals surface area contributed by atoms with E-state index in [4.69, 9.17) is 4.74 Å². The molecule has 1 saturated carbocycles. The molecule has 0 amide bonds. The lowest BCUT2D eigenvalue weighted by Gasteiger charge is -2.40. The lowest BCUT2D eigenvalue weighted by atomic mass is 9.84. The van der Waals surface area contributed by atoms with Crippen molar-refractivity contribution >= 4 is 11.3 Å². The van der Waals surface area contributed by atoms with Crippen molar-refractivity contribution in [3.05, 3.63) is 16.6 Å². The van der Waals surface area contributed by atoms with Crippen LogP contribution in [0.5, 0.6) is 0 Å². The third-order valence-corrected chi connectivity index (χ3v) is 5.05. The first-order valence-corrected chi connectivity index (χ1v) is 8.09. The van der Waals surface area contributed by atoms with Gasteiger partial charge in [0.2, 0.25) is 0 Å². The molecule has 0 bridgehead atoms. The summed E-state index contributed by atoms with van der Waals surface area (Å²) in [4.78, 5) is 6.69. The number of aliphatic hydroxyl groups is 1. The topological polar surface area (TPSA) is 45.6 Å². The maximum Gasteiger partial charge on any atom is 0.123 e. The van der Waals surface area contributed by atoms with Crippen molar-refractivity contribution in [3.63, 3.8) is 0 Å². The summed E-state index contributed by atoms with van der Waals surface area (Å²) in [7, 11) is 0. The highest BCUT2D eigenvalue weighted by atomic mass is 32.1. The molecule has 4 nitrogen and oxygen atoms in total. The van der Waals surface area contributed by atoms with Crippen LogP contribution in [-0.4, -0.2) is 46.8 Å². The predicted octanol–water partition coefficient (Wildman–Crippen LogP) is 2.21. The average molecular weight is 282 g/mol. The van der Waals surface area contributed by atoms with Crippen LogP contribution in [0, 0.1) is 0 Å². The molecular formula is C14H22N2O2S. The van der Waals surface area contributed by atoms with E-state index in [1.165, 1.54) is 6.42 Å². The summed E-state index contributed by atoms with van der Waals surface area (Å²) in [6.45, 7) is 3.30. The van der Waals surface area contributed by atoms with Gasteiger partial charge in [0.15, 0.2) is 0 Å². The van der Waals surface area contributed by atoms with Crippen LogP contribution in [0.15, 0.2) is 11.6 Å². The maximum atomic E-state index is 10.6. The normalized spacial score (nSPS) is 28.4. The fourth-order valence-corrected chi connectivity index (χ4v) is 3.85. The van der Waals surface area contributed by atoms with E-state index in [1.807, 2.05) is 11.6 Å². The zero-order valence-corrected chi connectivity index (χ0v) is 12.1. The molecule has 2 heterocycles. The number of β-amino-alcohol motifs (C(OH)–C–C–N with tert-alkyl or cyclic N) is 1. The Balaban J connectivity index is 1.59. The highest BCUT2D eigenvalue weighted by Crippen LogP contribution is 2.31. The molecule has 1 aromatic heterocycles. The minimum atomic E-state index is -0.469. The van der Waals surface area contributed by atoms with Crippen molar-refractivity contribution in [2.75, 3.05) is 26.2 Å². The highest BCUT2D eigenvalue weighted by Gasteiger charge is 2.33. The Bertz CT molecular complexity index is 390. The monoisotopic (exact) mass is 282 g/mol. The first kappa shape index (κ1) is 13.5. The molecular weight excluding hydrogens is 260 g/mol. The van der Waals surface area contributed by atoms with Gasteiger partial charge in [0.25, 0.3) is 0 Å². The maximum absolute atomic E-state index is 10.6. The zero-order valence-electron chi connectivity index (χ0n) is 11.3. The number of hydrogen-bond acceptors (Lipinski definition) is 5. The summed E-state index contributed by atoms with van der Waals surface area (Å²) in [5.41, 5.74) is -0.469. The SMILES string of the molecule is OC1(CN2CCO[C@@H](c3nccs3)C2)CCCCC1. The molecule has 1 aliphatic heterocycles. The molecule has 0 aromatic carbocycles. The average Bonchev–Trinajstić information content (AvgIpc) is 2.93. The van der Waals surface area contributed by atoms with Gasteiger partial charge in [0, 0.05) is 31.2 Å². The number of hydrogen-bond donors (Lipinski definition) is 1. The predicted molar refractivity (Wildman–Crippen MR) is 75.3 cm³/mol. The number of thiazole rings is 1. The lowest BCUT2D eigenvalue weighted by Crippen LogP contribution is -2.49. The van der Waals surface area contributed by atoms with Gasteiger partial charge in [-0.3, -0.25) is 4.90 Å². The molecule has 106 valence electrons. The Kier molecular flexibility index (Phi) is 4.17. The number of aromatic nitrogens is 1. The Morgan fingerprint density at radius 2 is 2.26 bits per heavy atom. The van der Waals surface area contributed by atoms with Crippen molar-refractivity contribution in [2.24, 2.45) is 0 Å². The molecule has 1 aliphatic carbocycles. The molecule has 1 aromatic rings. The second-order valence-corrected chi connectivity index (χ2v) is 6.68. The first-order valence-electron chi connectivity index (χ1n) is 7.21. The van der Waals surface area contributed by atoms with Gasteiger partial charge in [-0.05, 0) is 12.8 Å². The van der Waals surface area contributed by atoms with E-state index in [2.05, 4.69) is 9.88 Å². The van der Waals surface area contributed by atoms with Crippen molar-refractivity contribution < 1.29 is 9.84 Å². The Labute approximate surface area is 118 Å². The number of nitrogens with zero attached hydrogens (tertiary/aromatic N) is 2. The smallest absolute Gasteiger partial charge is 0.123 e. The molecule has 2 aliphatic rings. The van der Waals surface area contributed by atoms with Crippen LogP contribution in [0.1, 0.15) is 43.2 Å². The third-order valence-electron chi connectivity index (χ3n) is 4.18. The molecule has 2 fully saturated rings. The fourth-order valence-electron chi connectivity index (χ4n) is 3.17. The standard InChI is InChI=1S/C14H22N2O2S/c17-14(4-2-1-3-5-14)11-16-7-8-18-12(10-16)13-15-6-9-19-13/h6,9,12,17H,1-5,7-8,10-11H2/t12-/m1/s1. The minimum Gasteiger partial charge on any atom is -0.389 e. The van der Waals surface area contributed by atoms with Gasteiger partial charge in [0.1, 0.15) is 11.1 Å². The zero-order chi connectivity index (χ0) is 13.1. The fraction of sp³-hybridized carbons (Fsp3) is 0.786. The molecule has 3 rings (SSSR count). The molecule has 1 N–H and O–H groups in total. The van der Waals surface area contributed by atoms with Crippen molar-refractivity contribution in [2.45, 2.75) is 43.8 Å². The summed E-state index contributed by atoms with van der Waals surface area (Å²) in [5, 5.41) is 13.7. The van der Waals surface area contributed by atoms with E-state index in [0.29, 0.717) is 0 Å². The van der Waals surface area contributed by atoms with E-state index in [0.717, 1.165) is 56.9 Å². The van der Waals surface area contributed by atoms with Crippen molar-refractivity contribution in [3.8, 4) is 0 Å². The second-order valence-electron chi connectivity index (χ2n) is 5.75. The Hall–Kier alpha value is -0.490.